The van der Waals surface area contributed by atoms with Gasteiger partial charge in [0.2, 0.25) is 0 Å². The minimum absolute atomic E-state index is 0.135. The SMILES string of the molecule is CCCCCC/C=C\C=C/C(O)CCCCCCC(=O)OC. The summed E-state index contributed by atoms with van der Waals surface area (Å²) in [5.74, 6) is -0.135. The van der Waals surface area contributed by atoms with Crippen LogP contribution in [0.15, 0.2) is 24.3 Å². The van der Waals surface area contributed by atoms with E-state index < -0.39 is 0 Å². The zero-order valence-electron chi connectivity index (χ0n) is 14.4. The average molecular weight is 310 g/mol. The second-order valence-corrected chi connectivity index (χ2v) is 5.76. The minimum Gasteiger partial charge on any atom is -0.469 e. The van der Waals surface area contributed by atoms with Crippen LogP contribution in [-0.4, -0.2) is 24.3 Å². The number of carbonyl (C=O) groups excluding carboxylic acids is 1. The highest BCUT2D eigenvalue weighted by molar-refractivity contribution is 5.68. The Bertz CT molecular complexity index is 308. The summed E-state index contributed by atoms with van der Waals surface area (Å²) < 4.78 is 4.59. The monoisotopic (exact) mass is 310 g/mol. The first-order valence-corrected chi connectivity index (χ1v) is 8.79. The van der Waals surface area contributed by atoms with E-state index in [1.165, 1.54) is 32.8 Å². The van der Waals surface area contributed by atoms with Gasteiger partial charge in [-0.1, -0.05) is 69.8 Å². The number of unbranched alkanes of at least 4 members (excludes halogenated alkanes) is 7. The molecule has 3 heteroatoms. The van der Waals surface area contributed by atoms with Crippen molar-refractivity contribution in [3.8, 4) is 0 Å². The summed E-state index contributed by atoms with van der Waals surface area (Å²) in [4.78, 5) is 10.9. The van der Waals surface area contributed by atoms with Crippen LogP contribution in [0.4, 0.5) is 0 Å². The predicted octanol–water partition coefficient (Wildman–Crippen LogP) is 4.94. The molecule has 0 rings (SSSR count). The molecule has 3 nitrogen and oxygen atoms in total. The van der Waals surface area contributed by atoms with E-state index in [1.54, 1.807) is 0 Å². The van der Waals surface area contributed by atoms with Gasteiger partial charge in [0, 0.05) is 6.42 Å². The summed E-state index contributed by atoms with van der Waals surface area (Å²) in [5, 5.41) is 9.81. The van der Waals surface area contributed by atoms with Crippen molar-refractivity contribution >= 4 is 5.97 Å². The molecule has 0 radical (unpaired) electrons. The van der Waals surface area contributed by atoms with Crippen LogP contribution in [0.1, 0.15) is 77.6 Å². The lowest BCUT2D eigenvalue weighted by molar-refractivity contribution is -0.140. The molecule has 0 aromatic rings. The Morgan fingerprint density at radius 1 is 1.05 bits per heavy atom. The van der Waals surface area contributed by atoms with E-state index >= 15 is 0 Å². The van der Waals surface area contributed by atoms with Gasteiger partial charge >= 0.3 is 5.97 Å². The topological polar surface area (TPSA) is 46.5 Å². The molecule has 0 heterocycles. The Balaban J connectivity index is 3.44. The predicted molar refractivity (Wildman–Crippen MR) is 92.8 cm³/mol. The third-order valence-electron chi connectivity index (χ3n) is 3.66. The average Bonchev–Trinajstić information content (AvgIpc) is 2.52. The maximum absolute atomic E-state index is 10.9. The van der Waals surface area contributed by atoms with Crippen molar-refractivity contribution < 1.29 is 14.6 Å². The Hall–Kier alpha value is -1.09. The van der Waals surface area contributed by atoms with Crippen LogP contribution in [0.25, 0.3) is 0 Å². The van der Waals surface area contributed by atoms with E-state index in [9.17, 15) is 9.90 Å². The number of methoxy groups -OCH3 is 1. The van der Waals surface area contributed by atoms with Crippen molar-refractivity contribution in [3.05, 3.63) is 24.3 Å². The van der Waals surface area contributed by atoms with Crippen LogP contribution >= 0.6 is 0 Å². The molecule has 0 fully saturated rings. The van der Waals surface area contributed by atoms with E-state index in [0.29, 0.717) is 6.42 Å². The van der Waals surface area contributed by atoms with Gasteiger partial charge in [-0.2, -0.15) is 0 Å². The molecule has 0 aromatic heterocycles. The van der Waals surface area contributed by atoms with E-state index in [-0.39, 0.29) is 12.1 Å². The van der Waals surface area contributed by atoms with Crippen molar-refractivity contribution in [1.29, 1.82) is 0 Å². The van der Waals surface area contributed by atoms with Gasteiger partial charge in [-0.15, -0.1) is 0 Å². The second kappa shape index (κ2) is 16.3. The number of carbonyl (C=O) groups is 1. The maximum Gasteiger partial charge on any atom is 0.305 e. The van der Waals surface area contributed by atoms with Gasteiger partial charge in [0.15, 0.2) is 0 Å². The third-order valence-corrected chi connectivity index (χ3v) is 3.66. The highest BCUT2D eigenvalue weighted by atomic mass is 16.5. The van der Waals surface area contributed by atoms with Gasteiger partial charge in [-0.05, 0) is 25.7 Å². The van der Waals surface area contributed by atoms with Gasteiger partial charge in [0.1, 0.15) is 0 Å². The van der Waals surface area contributed by atoms with Crippen molar-refractivity contribution in [2.45, 2.75) is 83.7 Å². The molecule has 0 aliphatic heterocycles. The molecule has 0 saturated heterocycles. The lowest BCUT2D eigenvalue weighted by Gasteiger charge is -2.04. The molecular weight excluding hydrogens is 276 g/mol. The largest absolute Gasteiger partial charge is 0.469 e. The summed E-state index contributed by atoms with van der Waals surface area (Å²) in [6.07, 6.45) is 19.2. The van der Waals surface area contributed by atoms with Crippen LogP contribution in [0.5, 0.6) is 0 Å². The standard InChI is InChI=1S/C19H34O3/c1-3-4-5-6-7-8-9-12-15-18(20)16-13-10-11-14-17-19(21)22-2/h8-9,12,15,18,20H,3-7,10-11,13-14,16-17H2,1-2H3/b9-8-,15-12-. The molecule has 1 unspecified atom stereocenters. The summed E-state index contributed by atoms with van der Waals surface area (Å²) in [7, 11) is 1.42. The van der Waals surface area contributed by atoms with Gasteiger partial charge in [0.05, 0.1) is 13.2 Å². The maximum atomic E-state index is 10.9. The molecule has 0 aliphatic carbocycles. The number of allylic oxidation sites excluding steroid dienone is 3. The van der Waals surface area contributed by atoms with Crippen LogP contribution < -0.4 is 0 Å². The first-order valence-electron chi connectivity index (χ1n) is 8.79. The highest BCUT2D eigenvalue weighted by Crippen LogP contribution is 2.09. The number of rotatable bonds is 14. The van der Waals surface area contributed by atoms with Crippen LogP contribution in [-0.2, 0) is 9.53 Å². The summed E-state index contributed by atoms with van der Waals surface area (Å²) >= 11 is 0. The van der Waals surface area contributed by atoms with Gasteiger partial charge < -0.3 is 9.84 Å². The lowest BCUT2D eigenvalue weighted by atomic mass is 10.1. The van der Waals surface area contributed by atoms with E-state index in [2.05, 4.69) is 17.7 Å². The van der Waals surface area contributed by atoms with E-state index in [1.807, 2.05) is 18.2 Å². The molecule has 0 spiro atoms. The minimum atomic E-state index is -0.356. The molecule has 128 valence electrons. The molecule has 1 N–H and O–H groups in total. The summed E-state index contributed by atoms with van der Waals surface area (Å²) in [6.45, 7) is 2.22. The smallest absolute Gasteiger partial charge is 0.305 e. The Morgan fingerprint density at radius 2 is 1.77 bits per heavy atom. The lowest BCUT2D eigenvalue weighted by Crippen LogP contribution is -2.02. The molecular formula is C19H34O3. The first-order chi connectivity index (χ1) is 10.7. The highest BCUT2D eigenvalue weighted by Gasteiger charge is 2.01. The number of esters is 1. The Labute approximate surface area is 136 Å². The van der Waals surface area contributed by atoms with Crippen molar-refractivity contribution in [1.82, 2.24) is 0 Å². The number of hydrogen-bond donors (Lipinski definition) is 1. The first kappa shape index (κ1) is 20.9. The third kappa shape index (κ3) is 15.3. The Kier molecular flexibility index (Phi) is 15.5. The van der Waals surface area contributed by atoms with Gasteiger partial charge in [-0.25, -0.2) is 0 Å². The molecule has 22 heavy (non-hydrogen) atoms. The zero-order valence-corrected chi connectivity index (χ0v) is 14.4. The zero-order chi connectivity index (χ0) is 16.5. The fourth-order valence-corrected chi connectivity index (χ4v) is 2.23. The molecule has 1 atom stereocenters. The summed E-state index contributed by atoms with van der Waals surface area (Å²) in [6, 6.07) is 0. The number of aliphatic hydroxyl groups is 1. The van der Waals surface area contributed by atoms with Crippen molar-refractivity contribution in [2.24, 2.45) is 0 Å². The molecule has 0 aromatic carbocycles. The molecule has 0 aliphatic rings. The molecule has 0 saturated carbocycles. The fraction of sp³-hybridized carbons (Fsp3) is 0.737. The van der Waals surface area contributed by atoms with Crippen LogP contribution in [0, 0.1) is 0 Å². The van der Waals surface area contributed by atoms with Crippen molar-refractivity contribution in [2.75, 3.05) is 7.11 Å². The second-order valence-electron chi connectivity index (χ2n) is 5.76. The molecule has 0 amide bonds. The van der Waals surface area contributed by atoms with Crippen LogP contribution in [0.3, 0.4) is 0 Å². The van der Waals surface area contributed by atoms with Crippen LogP contribution in [0.2, 0.25) is 0 Å². The summed E-state index contributed by atoms with van der Waals surface area (Å²) in [5.41, 5.74) is 0. The van der Waals surface area contributed by atoms with Gasteiger partial charge in [0.25, 0.3) is 0 Å². The fourth-order valence-electron chi connectivity index (χ4n) is 2.23. The van der Waals surface area contributed by atoms with E-state index in [4.69, 9.17) is 0 Å². The Morgan fingerprint density at radius 3 is 2.50 bits per heavy atom. The number of hydrogen-bond acceptors (Lipinski definition) is 3. The quantitative estimate of drug-likeness (QED) is 0.281. The number of aliphatic hydroxyl groups excluding tert-OH is 1. The van der Waals surface area contributed by atoms with Gasteiger partial charge in [-0.3, -0.25) is 4.79 Å². The molecule has 0 bridgehead atoms. The normalized spacial score (nSPS) is 13.0. The van der Waals surface area contributed by atoms with E-state index in [0.717, 1.165) is 38.5 Å². The van der Waals surface area contributed by atoms with Crippen molar-refractivity contribution in [3.63, 3.8) is 0 Å². The number of ether oxygens (including phenoxy) is 1.